The summed E-state index contributed by atoms with van der Waals surface area (Å²) in [4.78, 5) is 45.2. The van der Waals surface area contributed by atoms with Gasteiger partial charge in [0.2, 0.25) is 0 Å². The van der Waals surface area contributed by atoms with Crippen molar-refractivity contribution in [2.45, 2.75) is 6.10 Å². The fourth-order valence-corrected chi connectivity index (χ4v) is 4.16. The standard InChI is InChI=1S/C22H25FN6O4S/c1-34-21(31)26-11-15-13-29(22(32)33-15)14-2-3-19(17(23)10-14)27-6-8-28(9-7-27)20(30)16-12-25-5-4-18(16)24/h2-5,10,12,15H,6-9,11,13H2,1H3,(H2,24,25)(H,26,31)/t15-/m0/s1. The highest BCUT2D eigenvalue weighted by atomic mass is 32.2. The van der Waals surface area contributed by atoms with E-state index in [0.717, 1.165) is 11.8 Å². The van der Waals surface area contributed by atoms with Crippen LogP contribution >= 0.6 is 11.8 Å². The monoisotopic (exact) mass is 488 g/mol. The molecule has 34 heavy (non-hydrogen) atoms. The number of carbonyl (C=O) groups excluding carboxylic acids is 3. The van der Waals surface area contributed by atoms with E-state index in [0.29, 0.717) is 48.8 Å². The van der Waals surface area contributed by atoms with Gasteiger partial charge < -0.3 is 25.6 Å². The van der Waals surface area contributed by atoms with Crippen LogP contribution in [0.25, 0.3) is 0 Å². The molecule has 1 aromatic carbocycles. The van der Waals surface area contributed by atoms with E-state index in [1.165, 1.54) is 23.4 Å². The maximum Gasteiger partial charge on any atom is 0.414 e. The molecule has 0 bridgehead atoms. The van der Waals surface area contributed by atoms with Gasteiger partial charge in [0.05, 0.1) is 30.0 Å². The van der Waals surface area contributed by atoms with Crippen molar-refractivity contribution >= 4 is 46.1 Å². The zero-order valence-electron chi connectivity index (χ0n) is 18.6. The highest BCUT2D eigenvalue weighted by Gasteiger charge is 2.33. The van der Waals surface area contributed by atoms with Gasteiger partial charge in [-0.25, -0.2) is 9.18 Å². The van der Waals surface area contributed by atoms with Crippen molar-refractivity contribution in [3.05, 3.63) is 48.0 Å². The Morgan fingerprint density at radius 1 is 1.26 bits per heavy atom. The topological polar surface area (TPSA) is 121 Å². The molecule has 1 atom stereocenters. The molecule has 1 aromatic heterocycles. The summed E-state index contributed by atoms with van der Waals surface area (Å²) in [7, 11) is 0. The van der Waals surface area contributed by atoms with Crippen molar-refractivity contribution in [3.63, 3.8) is 0 Å². The molecule has 0 unspecified atom stereocenters. The number of cyclic esters (lactones) is 1. The summed E-state index contributed by atoms with van der Waals surface area (Å²) in [5.41, 5.74) is 7.39. The number of nitrogen functional groups attached to an aromatic ring is 1. The lowest BCUT2D eigenvalue weighted by molar-refractivity contribution is 0.0747. The van der Waals surface area contributed by atoms with E-state index < -0.39 is 18.0 Å². The van der Waals surface area contributed by atoms with E-state index in [2.05, 4.69) is 10.3 Å². The molecule has 0 radical (unpaired) electrons. The molecule has 2 aliphatic rings. The molecule has 180 valence electrons. The number of nitrogens with two attached hydrogens (primary N) is 1. The predicted octanol–water partition coefficient (Wildman–Crippen LogP) is 2.16. The van der Waals surface area contributed by atoms with Gasteiger partial charge in [-0.15, -0.1) is 0 Å². The van der Waals surface area contributed by atoms with Gasteiger partial charge in [-0.05, 0) is 30.5 Å². The number of nitrogens with zero attached hydrogens (tertiary/aromatic N) is 4. The summed E-state index contributed by atoms with van der Waals surface area (Å²) in [6.07, 6.45) is 3.54. The zero-order valence-corrected chi connectivity index (χ0v) is 19.4. The molecule has 10 nitrogen and oxygen atoms in total. The molecule has 2 aromatic rings. The first kappa shape index (κ1) is 23.6. The van der Waals surface area contributed by atoms with Crippen LogP contribution in [0.2, 0.25) is 0 Å². The van der Waals surface area contributed by atoms with Crippen LogP contribution < -0.4 is 20.9 Å². The largest absolute Gasteiger partial charge is 0.442 e. The number of halogens is 1. The van der Waals surface area contributed by atoms with Crippen LogP contribution in [0.4, 0.5) is 31.0 Å². The Bertz CT molecular complexity index is 1090. The van der Waals surface area contributed by atoms with Gasteiger partial charge in [-0.3, -0.25) is 19.5 Å². The average molecular weight is 489 g/mol. The minimum Gasteiger partial charge on any atom is -0.442 e. The fraction of sp³-hybridized carbons (Fsp3) is 0.364. The number of rotatable bonds is 5. The SMILES string of the molecule is CSC(=O)NC[C@H]1CN(c2ccc(N3CCN(C(=O)c4cnccc4N)CC3)c(F)c2)C(=O)O1. The second-order valence-electron chi connectivity index (χ2n) is 7.87. The third kappa shape index (κ3) is 5.01. The van der Waals surface area contributed by atoms with E-state index in [1.54, 1.807) is 29.4 Å². The minimum atomic E-state index is -0.586. The lowest BCUT2D eigenvalue weighted by Crippen LogP contribution is -2.49. The van der Waals surface area contributed by atoms with E-state index in [4.69, 9.17) is 10.5 Å². The lowest BCUT2D eigenvalue weighted by Gasteiger charge is -2.36. The molecule has 0 saturated carbocycles. The summed E-state index contributed by atoms with van der Waals surface area (Å²) in [6.45, 7) is 2.13. The van der Waals surface area contributed by atoms with E-state index in [9.17, 15) is 14.4 Å². The van der Waals surface area contributed by atoms with Gasteiger partial charge in [0.15, 0.2) is 0 Å². The van der Waals surface area contributed by atoms with E-state index in [-0.39, 0.29) is 24.2 Å². The number of anilines is 3. The van der Waals surface area contributed by atoms with Crippen LogP contribution in [-0.2, 0) is 4.74 Å². The quantitative estimate of drug-likeness (QED) is 0.657. The van der Waals surface area contributed by atoms with Gasteiger partial charge in [-0.2, -0.15) is 0 Å². The Balaban J connectivity index is 1.37. The highest BCUT2D eigenvalue weighted by molar-refractivity contribution is 8.12. The maximum absolute atomic E-state index is 15.0. The summed E-state index contributed by atoms with van der Waals surface area (Å²) in [5.74, 6) is -0.669. The molecule has 12 heteroatoms. The number of benzene rings is 1. The number of aromatic nitrogens is 1. The summed E-state index contributed by atoms with van der Waals surface area (Å²) < 4.78 is 20.3. The van der Waals surface area contributed by atoms with E-state index >= 15 is 4.39 Å². The molecule has 2 fully saturated rings. The van der Waals surface area contributed by atoms with Crippen LogP contribution in [0.1, 0.15) is 10.4 Å². The second kappa shape index (κ2) is 10.2. The van der Waals surface area contributed by atoms with Crippen LogP contribution in [0.3, 0.4) is 0 Å². The zero-order chi connectivity index (χ0) is 24.2. The summed E-state index contributed by atoms with van der Waals surface area (Å²) in [6, 6.07) is 6.17. The molecule has 3 heterocycles. The first-order valence-electron chi connectivity index (χ1n) is 10.7. The molecule has 0 spiro atoms. The first-order valence-corrected chi connectivity index (χ1v) is 11.9. The molecule has 2 saturated heterocycles. The van der Waals surface area contributed by atoms with Crippen molar-refractivity contribution in [3.8, 4) is 0 Å². The first-order chi connectivity index (χ1) is 16.4. The van der Waals surface area contributed by atoms with E-state index in [1.807, 2.05) is 4.90 Å². The number of carbonyl (C=O) groups is 3. The highest BCUT2D eigenvalue weighted by Crippen LogP contribution is 2.29. The van der Waals surface area contributed by atoms with Crippen molar-refractivity contribution in [1.29, 1.82) is 0 Å². The third-order valence-electron chi connectivity index (χ3n) is 5.77. The number of piperazine rings is 1. The number of hydrogen-bond acceptors (Lipinski definition) is 8. The number of nitrogens with one attached hydrogen (secondary N) is 1. The Hall–Kier alpha value is -3.54. The average Bonchev–Trinajstić information content (AvgIpc) is 3.23. The smallest absolute Gasteiger partial charge is 0.414 e. The van der Waals surface area contributed by atoms with Gasteiger partial charge in [0.1, 0.15) is 11.9 Å². The number of thioether (sulfide) groups is 1. The lowest BCUT2D eigenvalue weighted by atomic mass is 10.1. The molecule has 3 amide bonds. The molecule has 4 rings (SSSR count). The van der Waals surface area contributed by atoms with Gasteiger partial charge >= 0.3 is 6.09 Å². The number of hydrogen-bond donors (Lipinski definition) is 2. The van der Waals surface area contributed by atoms with Crippen LogP contribution in [-0.4, -0.2) is 78.8 Å². The Labute approximate surface area is 200 Å². The summed E-state index contributed by atoms with van der Waals surface area (Å²) in [5, 5.41) is 2.44. The maximum atomic E-state index is 15.0. The number of amides is 3. The molecule has 3 N–H and O–H groups in total. The molecular weight excluding hydrogens is 463 g/mol. The van der Waals surface area contributed by atoms with Crippen molar-refractivity contribution in [1.82, 2.24) is 15.2 Å². The van der Waals surface area contributed by atoms with Crippen molar-refractivity contribution in [2.75, 3.05) is 61.1 Å². The predicted molar refractivity (Wildman–Crippen MR) is 128 cm³/mol. The Morgan fingerprint density at radius 3 is 2.71 bits per heavy atom. The van der Waals surface area contributed by atoms with Crippen molar-refractivity contribution < 1.29 is 23.5 Å². The van der Waals surface area contributed by atoms with Crippen molar-refractivity contribution in [2.24, 2.45) is 0 Å². The molecule has 0 aliphatic carbocycles. The Morgan fingerprint density at radius 2 is 2.03 bits per heavy atom. The van der Waals surface area contributed by atoms with Crippen LogP contribution in [0.15, 0.2) is 36.7 Å². The van der Waals surface area contributed by atoms with Gasteiger partial charge in [-0.1, -0.05) is 11.8 Å². The van der Waals surface area contributed by atoms with Gasteiger partial charge in [0.25, 0.3) is 11.1 Å². The molecule has 2 aliphatic heterocycles. The summed E-state index contributed by atoms with van der Waals surface area (Å²) >= 11 is 1.04. The normalized spacial score (nSPS) is 18.1. The molecular formula is C22H25FN6O4S. The van der Waals surface area contributed by atoms with Crippen LogP contribution in [0.5, 0.6) is 0 Å². The minimum absolute atomic E-state index is 0.191. The fourth-order valence-electron chi connectivity index (χ4n) is 3.93. The van der Waals surface area contributed by atoms with Crippen LogP contribution in [0, 0.1) is 5.82 Å². The number of ether oxygens (including phenoxy) is 1. The number of pyridine rings is 1. The third-order valence-corrected chi connectivity index (χ3v) is 6.28. The van der Waals surface area contributed by atoms with Gasteiger partial charge in [0, 0.05) is 44.3 Å². The Kier molecular flexibility index (Phi) is 7.06. The second-order valence-corrected chi connectivity index (χ2v) is 8.65.